The van der Waals surface area contributed by atoms with Crippen LogP contribution in [0, 0.1) is 18.3 Å². The first-order valence-corrected chi connectivity index (χ1v) is 12.7. The maximum absolute atomic E-state index is 12.9. The van der Waals surface area contributed by atoms with Crippen molar-refractivity contribution < 1.29 is 9.53 Å². The highest BCUT2D eigenvalue weighted by atomic mass is 32.1. The number of carbonyl (C=O) groups excluding carboxylic acids is 1. The van der Waals surface area contributed by atoms with Gasteiger partial charge in [-0.05, 0) is 61.2 Å². The van der Waals surface area contributed by atoms with E-state index < -0.39 is 0 Å². The number of carbonyl (C=O) groups is 1. The molecule has 0 fully saturated rings. The van der Waals surface area contributed by atoms with Gasteiger partial charge >= 0.3 is 0 Å². The van der Waals surface area contributed by atoms with E-state index in [9.17, 15) is 10.1 Å². The third-order valence-corrected chi connectivity index (χ3v) is 7.48. The summed E-state index contributed by atoms with van der Waals surface area (Å²) >= 11 is 2.83. The van der Waals surface area contributed by atoms with Crippen LogP contribution in [0.1, 0.15) is 33.4 Å². The number of aromatic nitrogens is 1. The first-order chi connectivity index (χ1) is 17.0. The molecule has 2 aromatic heterocycles. The van der Waals surface area contributed by atoms with Crippen LogP contribution >= 0.6 is 22.7 Å². The van der Waals surface area contributed by atoms with Crippen molar-refractivity contribution >= 4 is 45.2 Å². The van der Waals surface area contributed by atoms with Gasteiger partial charge in [0.25, 0.3) is 5.91 Å². The van der Waals surface area contributed by atoms with Crippen molar-refractivity contribution in [2.24, 2.45) is 0 Å². The third kappa shape index (κ3) is 4.80. The first-order valence-electron chi connectivity index (χ1n) is 11.0. The zero-order valence-electron chi connectivity index (χ0n) is 19.1. The summed E-state index contributed by atoms with van der Waals surface area (Å²) in [6, 6.07) is 21.4. The van der Waals surface area contributed by atoms with Gasteiger partial charge in [0.05, 0.1) is 10.5 Å². The molecule has 0 radical (unpaired) electrons. The van der Waals surface area contributed by atoms with Crippen LogP contribution < -0.4 is 10.1 Å². The monoisotopic (exact) mass is 495 g/mol. The molecule has 1 N–H and O–H groups in total. The molecule has 1 aliphatic heterocycles. The van der Waals surface area contributed by atoms with E-state index in [2.05, 4.69) is 11.4 Å². The molecule has 0 saturated carbocycles. The summed E-state index contributed by atoms with van der Waals surface area (Å²) in [5.41, 5.74) is 4.59. The lowest BCUT2D eigenvalue weighted by Gasteiger charge is -2.22. The van der Waals surface area contributed by atoms with Crippen LogP contribution in [0.5, 0.6) is 5.75 Å². The minimum absolute atomic E-state index is 0.203. The highest BCUT2D eigenvalue weighted by Crippen LogP contribution is 2.39. The molecule has 0 aliphatic carbocycles. The van der Waals surface area contributed by atoms with Crippen LogP contribution in [0.2, 0.25) is 0 Å². The van der Waals surface area contributed by atoms with Crippen molar-refractivity contribution in [3.8, 4) is 22.4 Å². The fourth-order valence-corrected chi connectivity index (χ4v) is 5.44. The number of fused-ring (bicyclic) bond motifs is 1. The second kappa shape index (κ2) is 9.71. The molecular weight excluding hydrogens is 474 g/mol. The fraction of sp³-hybridized carbons (Fsp3) is 0.107. The summed E-state index contributed by atoms with van der Waals surface area (Å²) in [6.45, 7) is 3.94. The van der Waals surface area contributed by atoms with Crippen molar-refractivity contribution in [2.45, 2.75) is 20.0 Å². The van der Waals surface area contributed by atoms with Crippen LogP contribution in [0.4, 0.5) is 5.00 Å². The second-order valence-corrected chi connectivity index (χ2v) is 10.1. The minimum atomic E-state index is -0.214. The smallest absolute Gasteiger partial charge is 0.256 e. The molecule has 4 aromatic rings. The zero-order valence-corrected chi connectivity index (χ0v) is 20.7. The molecule has 3 heterocycles. The lowest BCUT2D eigenvalue weighted by molar-refractivity contribution is 0.102. The van der Waals surface area contributed by atoms with Gasteiger partial charge in [0.1, 0.15) is 33.6 Å². The van der Waals surface area contributed by atoms with Crippen molar-refractivity contribution in [3.63, 3.8) is 0 Å². The molecule has 2 aromatic carbocycles. The number of thiazole rings is 1. The average molecular weight is 496 g/mol. The Hall–Kier alpha value is -3.99. The quantitative estimate of drug-likeness (QED) is 0.297. The van der Waals surface area contributed by atoms with Crippen LogP contribution in [0.15, 0.2) is 77.7 Å². The van der Waals surface area contributed by atoms with Crippen LogP contribution in [-0.2, 0) is 0 Å². The number of hydrogen-bond acceptors (Lipinski definition) is 6. The molecule has 7 heteroatoms. The number of rotatable bonds is 5. The molecule has 35 heavy (non-hydrogen) atoms. The molecule has 5 nitrogen and oxygen atoms in total. The molecule has 172 valence electrons. The van der Waals surface area contributed by atoms with E-state index in [0.29, 0.717) is 26.8 Å². The van der Waals surface area contributed by atoms with E-state index in [4.69, 9.17) is 9.72 Å². The number of aryl methyl sites for hydroxylation is 1. The third-order valence-electron chi connectivity index (χ3n) is 5.60. The summed E-state index contributed by atoms with van der Waals surface area (Å²) in [7, 11) is 0. The Balaban J connectivity index is 1.52. The van der Waals surface area contributed by atoms with Crippen molar-refractivity contribution in [1.82, 2.24) is 4.98 Å². The second-order valence-electron chi connectivity index (χ2n) is 8.11. The first kappa shape index (κ1) is 22.8. The lowest BCUT2D eigenvalue weighted by Crippen LogP contribution is -2.17. The number of nitriles is 1. The van der Waals surface area contributed by atoms with E-state index in [0.717, 1.165) is 27.3 Å². The van der Waals surface area contributed by atoms with E-state index in [1.165, 1.54) is 22.7 Å². The Morgan fingerprint density at radius 2 is 1.94 bits per heavy atom. The minimum Gasteiger partial charge on any atom is -0.485 e. The average Bonchev–Trinajstić information content (AvgIpc) is 3.53. The number of allylic oxidation sites excluding steroid dienone is 1. The summed E-state index contributed by atoms with van der Waals surface area (Å²) in [4.78, 5) is 18.6. The molecule has 0 saturated heterocycles. The molecule has 0 bridgehead atoms. The van der Waals surface area contributed by atoms with Gasteiger partial charge in [-0.1, -0.05) is 53.3 Å². The van der Waals surface area contributed by atoms with Gasteiger partial charge in [-0.25, -0.2) is 4.98 Å². The van der Waals surface area contributed by atoms with Gasteiger partial charge in [-0.15, -0.1) is 11.3 Å². The Bertz CT molecular complexity index is 1490. The van der Waals surface area contributed by atoms with Crippen LogP contribution in [0.3, 0.4) is 0 Å². The SMILES string of the molecule is Cc1ccc(C(=O)Nc2sc(/C(C#N)=C/C3=Cc4ccccc4OC3C)nc2-c2cccs2)cc1. The molecule has 5 rings (SSSR count). The normalized spacial score (nSPS) is 14.9. The van der Waals surface area contributed by atoms with Gasteiger partial charge in [-0.2, -0.15) is 5.26 Å². The summed E-state index contributed by atoms with van der Waals surface area (Å²) < 4.78 is 6.03. The number of thiophene rings is 1. The largest absolute Gasteiger partial charge is 0.485 e. The number of benzene rings is 2. The predicted molar refractivity (Wildman–Crippen MR) is 143 cm³/mol. The Morgan fingerprint density at radius 3 is 2.69 bits per heavy atom. The van der Waals surface area contributed by atoms with Gasteiger partial charge in [0, 0.05) is 11.1 Å². The maximum atomic E-state index is 12.9. The summed E-state index contributed by atoms with van der Waals surface area (Å²) in [6.07, 6.45) is 3.66. The number of anilines is 1. The number of ether oxygens (including phenoxy) is 1. The van der Waals surface area contributed by atoms with E-state index in [1.807, 2.05) is 79.9 Å². The number of amides is 1. The van der Waals surface area contributed by atoms with Crippen LogP contribution in [-0.4, -0.2) is 17.0 Å². The topological polar surface area (TPSA) is 75.0 Å². The Morgan fingerprint density at radius 1 is 1.14 bits per heavy atom. The zero-order chi connectivity index (χ0) is 24.4. The van der Waals surface area contributed by atoms with Gasteiger partial charge in [0.2, 0.25) is 0 Å². The number of para-hydroxylation sites is 1. The molecule has 0 spiro atoms. The van der Waals surface area contributed by atoms with Gasteiger partial charge in [-0.3, -0.25) is 4.79 Å². The van der Waals surface area contributed by atoms with Crippen LogP contribution in [0.25, 0.3) is 22.2 Å². The Labute approximate surface area is 211 Å². The van der Waals surface area contributed by atoms with Crippen molar-refractivity contribution in [3.05, 3.63) is 99.4 Å². The molecule has 1 atom stereocenters. The van der Waals surface area contributed by atoms with Crippen molar-refractivity contribution in [2.75, 3.05) is 5.32 Å². The maximum Gasteiger partial charge on any atom is 0.256 e. The molecule has 1 amide bonds. The van der Waals surface area contributed by atoms with E-state index >= 15 is 0 Å². The highest BCUT2D eigenvalue weighted by Gasteiger charge is 2.22. The number of nitrogens with one attached hydrogen (secondary N) is 1. The summed E-state index contributed by atoms with van der Waals surface area (Å²) in [5, 5.41) is 16.1. The highest BCUT2D eigenvalue weighted by molar-refractivity contribution is 7.18. The number of nitrogens with zero attached hydrogens (tertiary/aromatic N) is 2. The molecule has 1 aliphatic rings. The molecule has 1 unspecified atom stereocenters. The summed E-state index contributed by atoms with van der Waals surface area (Å²) in [5.74, 6) is 0.611. The van der Waals surface area contributed by atoms with E-state index in [-0.39, 0.29) is 12.0 Å². The van der Waals surface area contributed by atoms with Gasteiger partial charge in [0.15, 0.2) is 0 Å². The van der Waals surface area contributed by atoms with Crippen molar-refractivity contribution in [1.29, 1.82) is 5.26 Å². The van der Waals surface area contributed by atoms with E-state index in [1.54, 1.807) is 12.1 Å². The van der Waals surface area contributed by atoms with Gasteiger partial charge < -0.3 is 10.1 Å². The Kier molecular flexibility index (Phi) is 6.32. The lowest BCUT2D eigenvalue weighted by atomic mass is 10.0. The predicted octanol–water partition coefficient (Wildman–Crippen LogP) is 7.20. The fourth-order valence-electron chi connectivity index (χ4n) is 3.71. The standard InChI is InChI=1S/C28H21N3O2S2/c1-17-9-11-19(12-10-17)26(32)31-28-25(24-8-5-13-34-24)30-27(35-28)22(16-29)15-21-14-20-6-3-4-7-23(20)33-18(21)2/h3-15,18H,1-2H3,(H,31,32)/b22-15+. The molecular formula is C28H21N3O2S2. The number of hydrogen-bond donors (Lipinski definition) is 1.